The molecule has 2 N–H and O–H groups in total. The summed E-state index contributed by atoms with van der Waals surface area (Å²) in [5.74, 6) is 0. The molecule has 0 aliphatic heterocycles. The molecule has 1 nitrogen and oxygen atoms in total. The topological polar surface area (TPSA) is 26.0 Å². The first-order valence-electron chi connectivity index (χ1n) is 3.85. The van der Waals surface area contributed by atoms with Crippen molar-refractivity contribution in [2.45, 2.75) is 18.9 Å². The fraction of sp³-hybridized carbons (Fsp3) is 0.333. The molecule has 0 spiro atoms. The average molecular weight is 202 g/mol. The third-order valence-corrected chi connectivity index (χ3v) is 3.15. The van der Waals surface area contributed by atoms with Crippen molar-refractivity contribution < 1.29 is 0 Å². The van der Waals surface area contributed by atoms with Crippen molar-refractivity contribution >= 4 is 22.9 Å². The van der Waals surface area contributed by atoms with E-state index in [4.69, 9.17) is 17.3 Å². The van der Waals surface area contributed by atoms with Crippen molar-refractivity contribution in [2.24, 2.45) is 5.73 Å². The van der Waals surface area contributed by atoms with E-state index in [-0.39, 0.29) is 6.04 Å². The van der Waals surface area contributed by atoms with Crippen LogP contribution in [0.4, 0.5) is 0 Å². The summed E-state index contributed by atoms with van der Waals surface area (Å²) in [6.07, 6.45) is 3.74. The van der Waals surface area contributed by atoms with Crippen LogP contribution in [0.5, 0.6) is 0 Å². The molecule has 0 fully saturated rings. The lowest BCUT2D eigenvalue weighted by Crippen LogP contribution is -2.08. The Morgan fingerprint density at radius 1 is 1.75 bits per heavy atom. The average Bonchev–Trinajstić information content (AvgIpc) is 2.47. The van der Waals surface area contributed by atoms with Gasteiger partial charge in [0.2, 0.25) is 0 Å². The number of hydrogen-bond acceptors (Lipinski definition) is 2. The van der Waals surface area contributed by atoms with Gasteiger partial charge in [0.25, 0.3) is 0 Å². The van der Waals surface area contributed by atoms with Gasteiger partial charge in [0, 0.05) is 10.9 Å². The fourth-order valence-electron chi connectivity index (χ4n) is 0.998. The molecule has 0 radical (unpaired) electrons. The van der Waals surface area contributed by atoms with Gasteiger partial charge < -0.3 is 5.73 Å². The van der Waals surface area contributed by atoms with E-state index in [9.17, 15) is 0 Å². The Morgan fingerprint density at radius 2 is 2.50 bits per heavy atom. The highest BCUT2D eigenvalue weighted by molar-refractivity contribution is 7.10. The minimum atomic E-state index is 0.0653. The maximum absolute atomic E-state index is 5.92. The van der Waals surface area contributed by atoms with Gasteiger partial charge in [-0.2, -0.15) is 0 Å². The molecule has 0 saturated carbocycles. The number of allylic oxidation sites excluding steroid dienone is 1. The second-order valence-corrected chi connectivity index (χ2v) is 3.96. The SMILES string of the molecule is C=CCC[C@@H](N)c1sccc1Cl. The standard InChI is InChI=1S/C9H12ClNS/c1-2-3-4-8(11)9-7(10)5-6-12-9/h2,5-6,8H,1,3-4,11H2/t8-/m1/s1. The van der Waals surface area contributed by atoms with Crippen LogP contribution in [0.1, 0.15) is 23.8 Å². The van der Waals surface area contributed by atoms with E-state index >= 15 is 0 Å². The predicted molar refractivity (Wildman–Crippen MR) is 55.7 cm³/mol. The maximum atomic E-state index is 5.92. The van der Waals surface area contributed by atoms with Gasteiger partial charge in [0.15, 0.2) is 0 Å². The van der Waals surface area contributed by atoms with Gasteiger partial charge in [-0.3, -0.25) is 0 Å². The second-order valence-electron chi connectivity index (χ2n) is 2.61. The van der Waals surface area contributed by atoms with Crippen molar-refractivity contribution in [3.8, 4) is 0 Å². The number of thiophene rings is 1. The maximum Gasteiger partial charge on any atom is 0.0561 e. The van der Waals surface area contributed by atoms with Gasteiger partial charge in [0.1, 0.15) is 0 Å². The molecule has 1 heterocycles. The van der Waals surface area contributed by atoms with Gasteiger partial charge in [-0.05, 0) is 24.3 Å². The molecule has 0 amide bonds. The highest BCUT2D eigenvalue weighted by atomic mass is 35.5. The molecular weight excluding hydrogens is 190 g/mol. The van der Waals surface area contributed by atoms with Gasteiger partial charge >= 0.3 is 0 Å². The van der Waals surface area contributed by atoms with Crippen LogP contribution in [0.2, 0.25) is 5.02 Å². The van der Waals surface area contributed by atoms with Crippen molar-refractivity contribution in [2.75, 3.05) is 0 Å². The van der Waals surface area contributed by atoms with E-state index in [1.165, 1.54) is 0 Å². The van der Waals surface area contributed by atoms with E-state index < -0.39 is 0 Å². The molecule has 3 heteroatoms. The number of nitrogens with two attached hydrogens (primary N) is 1. The molecule has 12 heavy (non-hydrogen) atoms. The summed E-state index contributed by atoms with van der Waals surface area (Å²) in [6.45, 7) is 3.65. The lowest BCUT2D eigenvalue weighted by molar-refractivity contribution is 0.673. The van der Waals surface area contributed by atoms with E-state index in [1.807, 2.05) is 17.5 Å². The Balaban J connectivity index is 2.58. The third kappa shape index (κ3) is 2.34. The lowest BCUT2D eigenvalue weighted by atomic mass is 10.1. The van der Waals surface area contributed by atoms with Crippen LogP contribution in [-0.2, 0) is 0 Å². The molecule has 1 aromatic rings. The number of hydrogen-bond donors (Lipinski definition) is 1. The minimum Gasteiger partial charge on any atom is -0.323 e. The van der Waals surface area contributed by atoms with Crippen molar-refractivity contribution in [3.63, 3.8) is 0 Å². The highest BCUT2D eigenvalue weighted by Gasteiger charge is 2.09. The third-order valence-electron chi connectivity index (χ3n) is 1.66. The van der Waals surface area contributed by atoms with E-state index in [0.29, 0.717) is 0 Å². The molecule has 0 aliphatic carbocycles. The zero-order valence-electron chi connectivity index (χ0n) is 6.79. The summed E-state index contributed by atoms with van der Waals surface area (Å²) in [6, 6.07) is 1.95. The molecular formula is C9H12ClNS. The Morgan fingerprint density at radius 3 is 3.00 bits per heavy atom. The highest BCUT2D eigenvalue weighted by Crippen LogP contribution is 2.29. The molecule has 0 aromatic carbocycles. The molecule has 1 aromatic heterocycles. The van der Waals surface area contributed by atoms with Crippen LogP contribution in [0.3, 0.4) is 0 Å². The first kappa shape index (κ1) is 9.78. The van der Waals surface area contributed by atoms with Gasteiger partial charge in [-0.25, -0.2) is 0 Å². The molecule has 1 atom stereocenters. The smallest absolute Gasteiger partial charge is 0.0561 e. The van der Waals surface area contributed by atoms with Gasteiger partial charge in [-0.15, -0.1) is 17.9 Å². The second kappa shape index (κ2) is 4.65. The predicted octanol–water partition coefficient (Wildman–Crippen LogP) is 3.37. The first-order valence-corrected chi connectivity index (χ1v) is 5.11. The van der Waals surface area contributed by atoms with E-state index in [1.54, 1.807) is 11.3 Å². The normalized spacial score (nSPS) is 12.8. The van der Waals surface area contributed by atoms with Gasteiger partial charge in [-0.1, -0.05) is 17.7 Å². The Labute approximate surface area is 81.9 Å². The summed E-state index contributed by atoms with van der Waals surface area (Å²) in [5.41, 5.74) is 5.90. The Kier molecular flexibility index (Phi) is 3.79. The summed E-state index contributed by atoms with van der Waals surface area (Å²) in [7, 11) is 0. The zero-order valence-corrected chi connectivity index (χ0v) is 8.37. The van der Waals surface area contributed by atoms with Crippen LogP contribution in [0.15, 0.2) is 24.1 Å². The number of halogens is 1. The summed E-state index contributed by atoms with van der Waals surface area (Å²) in [4.78, 5) is 1.08. The first-order chi connectivity index (χ1) is 5.75. The van der Waals surface area contributed by atoms with E-state index in [2.05, 4.69) is 6.58 Å². The van der Waals surface area contributed by atoms with E-state index in [0.717, 1.165) is 22.7 Å². The van der Waals surface area contributed by atoms with Crippen LogP contribution >= 0.6 is 22.9 Å². The molecule has 0 aliphatic rings. The Hall–Kier alpha value is -0.310. The summed E-state index contributed by atoms with van der Waals surface area (Å²) < 4.78 is 0. The fourth-order valence-corrected chi connectivity index (χ4v) is 2.23. The number of rotatable bonds is 4. The van der Waals surface area contributed by atoms with Crippen LogP contribution in [-0.4, -0.2) is 0 Å². The monoisotopic (exact) mass is 201 g/mol. The molecule has 1 rings (SSSR count). The summed E-state index contributed by atoms with van der Waals surface area (Å²) >= 11 is 7.54. The zero-order chi connectivity index (χ0) is 8.97. The quantitative estimate of drug-likeness (QED) is 0.743. The molecule has 66 valence electrons. The van der Waals surface area contributed by atoms with Crippen LogP contribution in [0.25, 0.3) is 0 Å². The van der Waals surface area contributed by atoms with Crippen molar-refractivity contribution in [3.05, 3.63) is 34.0 Å². The largest absolute Gasteiger partial charge is 0.323 e. The van der Waals surface area contributed by atoms with Crippen LogP contribution < -0.4 is 5.73 Å². The lowest BCUT2D eigenvalue weighted by Gasteiger charge is -2.07. The minimum absolute atomic E-state index is 0.0653. The van der Waals surface area contributed by atoms with Crippen LogP contribution in [0, 0.1) is 0 Å². The van der Waals surface area contributed by atoms with Crippen molar-refractivity contribution in [1.29, 1.82) is 0 Å². The summed E-state index contributed by atoms with van der Waals surface area (Å²) in [5, 5.41) is 2.75. The molecule has 0 saturated heterocycles. The van der Waals surface area contributed by atoms with Crippen molar-refractivity contribution in [1.82, 2.24) is 0 Å². The molecule has 0 bridgehead atoms. The van der Waals surface area contributed by atoms with Gasteiger partial charge in [0.05, 0.1) is 5.02 Å². The Bertz CT molecular complexity index is 257. The molecule has 0 unspecified atom stereocenters.